The van der Waals surface area contributed by atoms with Crippen LogP contribution in [0.25, 0.3) is 6.08 Å². The van der Waals surface area contributed by atoms with Crippen molar-refractivity contribution in [2.24, 2.45) is 4.99 Å². The van der Waals surface area contributed by atoms with E-state index in [1.807, 2.05) is 6.07 Å². The molecule has 33 heavy (non-hydrogen) atoms. The molecule has 168 valence electrons. The minimum Gasteiger partial charge on any atom is -0.466 e. The van der Waals surface area contributed by atoms with Crippen LogP contribution in [0.3, 0.4) is 0 Å². The highest BCUT2D eigenvalue weighted by Crippen LogP contribution is 2.37. The van der Waals surface area contributed by atoms with Crippen LogP contribution in [0.15, 0.2) is 61.9 Å². The Balaban J connectivity index is 1.73. The number of thiazole rings is 1. The first-order valence-electron chi connectivity index (χ1n) is 9.83. The number of nitrogens with zero attached hydrogens (tertiary/aromatic N) is 2. The lowest BCUT2D eigenvalue weighted by atomic mass is 9.96. The number of esters is 1. The van der Waals surface area contributed by atoms with Gasteiger partial charge in [0.25, 0.3) is 5.56 Å². The smallest absolute Gasteiger partial charge is 0.338 e. The molecule has 0 saturated carbocycles. The summed E-state index contributed by atoms with van der Waals surface area (Å²) in [5.74, 6) is 0.714. The fourth-order valence-corrected chi connectivity index (χ4v) is 5.44. The maximum atomic E-state index is 13.6. The number of carbonyl (C=O) groups is 1. The Kier molecular flexibility index (Phi) is 5.64. The van der Waals surface area contributed by atoms with Crippen molar-refractivity contribution < 1.29 is 19.0 Å². The Labute approximate surface area is 205 Å². The van der Waals surface area contributed by atoms with E-state index in [1.165, 1.54) is 23.0 Å². The summed E-state index contributed by atoms with van der Waals surface area (Å²) in [4.78, 5) is 31.3. The van der Waals surface area contributed by atoms with E-state index in [0.717, 1.165) is 15.6 Å². The van der Waals surface area contributed by atoms with Crippen LogP contribution >= 0.6 is 38.9 Å². The first-order valence-corrected chi connectivity index (χ1v) is 11.8. The van der Waals surface area contributed by atoms with Gasteiger partial charge in [0.15, 0.2) is 16.3 Å². The molecule has 0 N–H and O–H groups in total. The van der Waals surface area contributed by atoms with Crippen molar-refractivity contribution in [2.75, 3.05) is 13.9 Å². The SMILES string of the molecule is COC(=O)C1=C(C)N=c2s/c(=C\c3cc4c(cc3Br)OCO4)c(=O)n2[C@H]1c1ccc(Cl)cc1. The second kappa shape index (κ2) is 8.48. The quantitative estimate of drug-likeness (QED) is 0.469. The van der Waals surface area contributed by atoms with Crippen LogP contribution in [0.4, 0.5) is 0 Å². The van der Waals surface area contributed by atoms with Gasteiger partial charge in [-0.2, -0.15) is 0 Å². The van der Waals surface area contributed by atoms with E-state index in [9.17, 15) is 9.59 Å². The lowest BCUT2D eigenvalue weighted by Crippen LogP contribution is -2.39. The van der Waals surface area contributed by atoms with Gasteiger partial charge in [-0.1, -0.05) is 51.0 Å². The monoisotopic (exact) mass is 546 g/mol. The maximum absolute atomic E-state index is 13.6. The standard InChI is InChI=1S/C23H16BrClN2O5S/c1-11-19(22(29)30-2)20(12-3-5-14(25)6-4-12)27-21(28)18(33-23(27)26-11)8-13-7-16-17(9-15(13)24)32-10-31-16/h3-9,20H,10H2,1-2H3/b18-8-/t20-/m0/s1. The number of methoxy groups -OCH3 is 1. The number of fused-ring (bicyclic) bond motifs is 2. The van der Waals surface area contributed by atoms with Gasteiger partial charge in [0.05, 0.1) is 29.0 Å². The molecule has 5 rings (SSSR count). The number of hydrogen-bond acceptors (Lipinski definition) is 7. The fourth-order valence-electron chi connectivity index (χ4n) is 3.84. The minimum absolute atomic E-state index is 0.157. The summed E-state index contributed by atoms with van der Waals surface area (Å²) in [5, 5.41) is 0.555. The van der Waals surface area contributed by atoms with Gasteiger partial charge >= 0.3 is 5.97 Å². The normalized spacial score (nSPS) is 17.1. The molecule has 0 aliphatic carbocycles. The van der Waals surface area contributed by atoms with Gasteiger partial charge in [0.1, 0.15) is 0 Å². The molecule has 1 atom stereocenters. The molecule has 7 nitrogen and oxygen atoms in total. The number of carbonyl (C=O) groups excluding carboxylic acids is 1. The first-order chi connectivity index (χ1) is 15.9. The molecule has 10 heteroatoms. The van der Waals surface area contributed by atoms with Crippen molar-refractivity contribution in [2.45, 2.75) is 13.0 Å². The largest absolute Gasteiger partial charge is 0.466 e. The van der Waals surface area contributed by atoms with E-state index in [4.69, 9.17) is 25.8 Å². The number of rotatable bonds is 3. The van der Waals surface area contributed by atoms with E-state index in [2.05, 4.69) is 20.9 Å². The summed E-state index contributed by atoms with van der Waals surface area (Å²) < 4.78 is 18.6. The first kappa shape index (κ1) is 21.9. The molecule has 0 unspecified atom stereocenters. The van der Waals surface area contributed by atoms with Gasteiger partial charge in [-0.3, -0.25) is 9.36 Å². The minimum atomic E-state index is -0.687. The van der Waals surface area contributed by atoms with Crippen LogP contribution in [0.1, 0.15) is 24.1 Å². The highest BCUT2D eigenvalue weighted by atomic mass is 79.9. The summed E-state index contributed by atoms with van der Waals surface area (Å²) >= 11 is 10.8. The third-order valence-corrected chi connectivity index (χ3v) is 7.31. The lowest BCUT2D eigenvalue weighted by molar-refractivity contribution is -0.136. The number of allylic oxidation sites excluding steroid dienone is 1. The summed E-state index contributed by atoms with van der Waals surface area (Å²) in [6.07, 6.45) is 1.77. The lowest BCUT2D eigenvalue weighted by Gasteiger charge is -2.24. The van der Waals surface area contributed by atoms with Crippen LogP contribution in [-0.2, 0) is 9.53 Å². The van der Waals surface area contributed by atoms with Crippen LogP contribution < -0.4 is 24.4 Å². The zero-order valence-electron chi connectivity index (χ0n) is 17.4. The molecule has 0 saturated heterocycles. The zero-order valence-corrected chi connectivity index (χ0v) is 20.6. The maximum Gasteiger partial charge on any atom is 0.338 e. The topological polar surface area (TPSA) is 79.1 Å². The van der Waals surface area contributed by atoms with Crippen molar-refractivity contribution >= 4 is 50.9 Å². The van der Waals surface area contributed by atoms with Crippen molar-refractivity contribution in [3.05, 3.63) is 88.0 Å². The number of aromatic nitrogens is 1. The van der Waals surface area contributed by atoms with E-state index < -0.39 is 12.0 Å². The van der Waals surface area contributed by atoms with Gasteiger partial charge in [0.2, 0.25) is 6.79 Å². The van der Waals surface area contributed by atoms with Crippen LogP contribution in [0.2, 0.25) is 5.02 Å². The Hall–Kier alpha value is -2.88. The molecule has 0 radical (unpaired) electrons. The summed E-state index contributed by atoms with van der Waals surface area (Å²) in [6.45, 7) is 1.89. The van der Waals surface area contributed by atoms with Crippen LogP contribution in [-0.4, -0.2) is 24.4 Å². The van der Waals surface area contributed by atoms with Gasteiger partial charge in [-0.05, 0) is 48.4 Å². The summed E-state index contributed by atoms with van der Waals surface area (Å²) in [6, 6.07) is 9.96. The van der Waals surface area contributed by atoms with Gasteiger partial charge in [-0.15, -0.1) is 0 Å². The molecule has 2 aromatic carbocycles. The van der Waals surface area contributed by atoms with Crippen molar-refractivity contribution in [1.82, 2.24) is 4.57 Å². The molecule has 0 fully saturated rings. The summed E-state index contributed by atoms with van der Waals surface area (Å²) in [5.41, 5.74) is 2.03. The number of halogens is 2. The van der Waals surface area contributed by atoms with Crippen molar-refractivity contribution in [1.29, 1.82) is 0 Å². The van der Waals surface area contributed by atoms with E-state index in [1.54, 1.807) is 43.3 Å². The van der Waals surface area contributed by atoms with E-state index >= 15 is 0 Å². The molecule has 2 aliphatic rings. The predicted molar refractivity (Wildman–Crippen MR) is 127 cm³/mol. The van der Waals surface area contributed by atoms with Crippen LogP contribution in [0.5, 0.6) is 11.5 Å². The highest BCUT2D eigenvalue weighted by Gasteiger charge is 2.33. The number of benzene rings is 2. The van der Waals surface area contributed by atoms with Gasteiger partial charge in [0, 0.05) is 9.50 Å². The second-order valence-corrected chi connectivity index (χ2v) is 9.65. The third kappa shape index (κ3) is 3.80. The average Bonchev–Trinajstić information content (AvgIpc) is 3.37. The van der Waals surface area contributed by atoms with Crippen molar-refractivity contribution in [3.8, 4) is 11.5 Å². The molecule has 0 amide bonds. The molecule has 3 heterocycles. The molecule has 0 bridgehead atoms. The summed E-state index contributed by atoms with van der Waals surface area (Å²) in [7, 11) is 1.31. The average molecular weight is 548 g/mol. The van der Waals surface area contributed by atoms with E-state index in [0.29, 0.717) is 37.1 Å². The van der Waals surface area contributed by atoms with Gasteiger partial charge < -0.3 is 14.2 Å². The fraction of sp³-hybridized carbons (Fsp3) is 0.174. The third-order valence-electron chi connectivity index (χ3n) is 5.39. The highest BCUT2D eigenvalue weighted by molar-refractivity contribution is 9.10. The van der Waals surface area contributed by atoms with E-state index in [-0.39, 0.29) is 12.4 Å². The number of hydrogen-bond donors (Lipinski definition) is 0. The van der Waals surface area contributed by atoms with Gasteiger partial charge in [-0.25, -0.2) is 9.79 Å². The molecule has 2 aliphatic heterocycles. The zero-order chi connectivity index (χ0) is 23.3. The molecule has 3 aromatic rings. The van der Waals surface area contributed by atoms with Crippen LogP contribution in [0, 0.1) is 0 Å². The molecule has 0 spiro atoms. The predicted octanol–water partition coefficient (Wildman–Crippen LogP) is 3.55. The van der Waals surface area contributed by atoms with Crippen molar-refractivity contribution in [3.63, 3.8) is 0 Å². The number of ether oxygens (including phenoxy) is 3. The molecular formula is C23H16BrClN2O5S. The Morgan fingerprint density at radius 1 is 1.27 bits per heavy atom. The Bertz CT molecular complexity index is 1510. The molecule has 1 aromatic heterocycles. The molecular weight excluding hydrogens is 532 g/mol. The Morgan fingerprint density at radius 2 is 1.97 bits per heavy atom. The second-order valence-electron chi connectivity index (χ2n) is 7.35. The Morgan fingerprint density at radius 3 is 2.67 bits per heavy atom.